The summed E-state index contributed by atoms with van der Waals surface area (Å²) < 4.78 is 11.2. The molecular formula is C27H27ClN4O6. The number of likely N-dealkylation sites (tertiary alicyclic amines) is 1. The third kappa shape index (κ3) is 6.71. The van der Waals surface area contributed by atoms with Gasteiger partial charge in [0.1, 0.15) is 12.4 Å². The second-order valence-electron chi connectivity index (χ2n) is 8.65. The first-order valence-corrected chi connectivity index (χ1v) is 12.3. The Morgan fingerprint density at radius 2 is 1.89 bits per heavy atom. The van der Waals surface area contributed by atoms with E-state index in [1.54, 1.807) is 47.4 Å². The zero-order valence-electron chi connectivity index (χ0n) is 20.6. The maximum absolute atomic E-state index is 13.1. The number of rotatable bonds is 9. The number of carbonyl (C=O) groups excluding carboxylic acids is 2. The molecule has 1 aromatic heterocycles. The van der Waals surface area contributed by atoms with Gasteiger partial charge in [-0.25, -0.2) is 14.6 Å². The highest BCUT2D eigenvalue weighted by Gasteiger charge is 2.29. The highest BCUT2D eigenvalue weighted by molar-refractivity contribution is 6.33. The number of pyridine rings is 1. The molecule has 1 fully saturated rings. The molecule has 1 aliphatic rings. The lowest BCUT2D eigenvalue weighted by Gasteiger charge is -2.25. The van der Waals surface area contributed by atoms with Gasteiger partial charge < -0.3 is 30.1 Å². The summed E-state index contributed by atoms with van der Waals surface area (Å²) in [6.07, 6.45) is 3.05. The van der Waals surface area contributed by atoms with Gasteiger partial charge in [-0.1, -0.05) is 29.8 Å². The average Bonchev–Trinajstić information content (AvgIpc) is 3.39. The summed E-state index contributed by atoms with van der Waals surface area (Å²) >= 11 is 6.10. The number of para-hydroxylation sites is 1. The molecule has 3 amide bonds. The minimum absolute atomic E-state index is 0.0514. The zero-order valence-corrected chi connectivity index (χ0v) is 21.4. The summed E-state index contributed by atoms with van der Waals surface area (Å²) in [6.45, 7) is 0.884. The third-order valence-electron chi connectivity index (χ3n) is 6.10. The van der Waals surface area contributed by atoms with Crippen LogP contribution in [0.15, 0.2) is 60.8 Å². The van der Waals surface area contributed by atoms with E-state index in [0.29, 0.717) is 34.6 Å². The highest BCUT2D eigenvalue weighted by Crippen LogP contribution is 2.28. The molecule has 1 aliphatic heterocycles. The highest BCUT2D eigenvalue weighted by atomic mass is 35.5. The maximum atomic E-state index is 13.1. The average molecular weight is 539 g/mol. The van der Waals surface area contributed by atoms with E-state index in [1.165, 1.54) is 25.4 Å². The number of carboxylic acid groups (broad SMARTS) is 1. The third-order valence-corrected chi connectivity index (χ3v) is 6.43. The van der Waals surface area contributed by atoms with Crippen LogP contribution >= 0.6 is 11.6 Å². The second-order valence-corrected chi connectivity index (χ2v) is 9.06. The summed E-state index contributed by atoms with van der Waals surface area (Å²) in [6, 6.07) is 14.4. The molecule has 10 nitrogen and oxygen atoms in total. The van der Waals surface area contributed by atoms with Gasteiger partial charge >= 0.3 is 12.0 Å². The maximum Gasteiger partial charge on any atom is 0.337 e. The SMILES string of the molecule is COc1cc(CC(=O)N2CCC[C@H]2COc2ccc(C(=O)O)cn2)ccc1NC(=O)Nc1ccccc1Cl. The first-order chi connectivity index (χ1) is 18.3. The van der Waals surface area contributed by atoms with Crippen LogP contribution in [0.1, 0.15) is 28.8 Å². The summed E-state index contributed by atoms with van der Waals surface area (Å²) in [5, 5.41) is 14.8. The molecule has 0 aliphatic carbocycles. The van der Waals surface area contributed by atoms with Crippen LogP contribution < -0.4 is 20.1 Å². The van der Waals surface area contributed by atoms with Gasteiger partial charge in [-0.15, -0.1) is 0 Å². The number of halogens is 1. The fraction of sp³-hybridized carbons (Fsp3) is 0.259. The quantitative estimate of drug-likeness (QED) is 0.360. The molecule has 1 saturated heterocycles. The number of carboxylic acids is 1. The number of ether oxygens (including phenoxy) is 2. The summed E-state index contributed by atoms with van der Waals surface area (Å²) in [7, 11) is 1.49. The molecule has 0 spiro atoms. The summed E-state index contributed by atoms with van der Waals surface area (Å²) in [5.41, 5.74) is 1.74. The lowest BCUT2D eigenvalue weighted by molar-refractivity contribution is -0.131. The van der Waals surface area contributed by atoms with Crippen molar-refractivity contribution in [2.75, 3.05) is 30.9 Å². The van der Waals surface area contributed by atoms with E-state index in [9.17, 15) is 14.4 Å². The summed E-state index contributed by atoms with van der Waals surface area (Å²) in [4.78, 5) is 42.3. The topological polar surface area (TPSA) is 130 Å². The van der Waals surface area contributed by atoms with Crippen LogP contribution in [0.4, 0.5) is 16.2 Å². The number of amides is 3. The number of methoxy groups -OCH3 is 1. The predicted molar refractivity (Wildman–Crippen MR) is 142 cm³/mol. The molecule has 0 unspecified atom stereocenters. The van der Waals surface area contributed by atoms with Crippen molar-refractivity contribution < 1.29 is 29.0 Å². The van der Waals surface area contributed by atoms with E-state index in [4.69, 9.17) is 26.2 Å². The second kappa shape index (κ2) is 12.3. The van der Waals surface area contributed by atoms with Gasteiger partial charge in [0, 0.05) is 18.8 Å². The van der Waals surface area contributed by atoms with Gasteiger partial charge in [0.25, 0.3) is 0 Å². The van der Waals surface area contributed by atoms with Crippen LogP contribution in [-0.4, -0.2) is 59.2 Å². The van der Waals surface area contributed by atoms with Crippen molar-refractivity contribution in [2.24, 2.45) is 0 Å². The van der Waals surface area contributed by atoms with Gasteiger partial charge in [-0.2, -0.15) is 0 Å². The van der Waals surface area contributed by atoms with Crippen molar-refractivity contribution in [2.45, 2.75) is 25.3 Å². The van der Waals surface area contributed by atoms with E-state index in [0.717, 1.165) is 18.4 Å². The van der Waals surface area contributed by atoms with E-state index in [1.807, 2.05) is 0 Å². The monoisotopic (exact) mass is 538 g/mol. The molecule has 2 aromatic carbocycles. The van der Waals surface area contributed by atoms with Gasteiger partial charge in [0.15, 0.2) is 0 Å². The van der Waals surface area contributed by atoms with Crippen LogP contribution in [-0.2, 0) is 11.2 Å². The van der Waals surface area contributed by atoms with E-state index in [-0.39, 0.29) is 30.5 Å². The van der Waals surface area contributed by atoms with Crippen LogP contribution in [0, 0.1) is 0 Å². The smallest absolute Gasteiger partial charge is 0.337 e. The van der Waals surface area contributed by atoms with Crippen molar-refractivity contribution in [3.63, 3.8) is 0 Å². The van der Waals surface area contributed by atoms with Crippen molar-refractivity contribution in [3.05, 3.63) is 76.9 Å². The van der Waals surface area contributed by atoms with Crippen molar-refractivity contribution in [1.82, 2.24) is 9.88 Å². The number of hydrogen-bond acceptors (Lipinski definition) is 6. The Kier molecular flexibility index (Phi) is 8.65. The predicted octanol–water partition coefficient (Wildman–Crippen LogP) is 4.70. The fourth-order valence-corrected chi connectivity index (χ4v) is 4.36. The summed E-state index contributed by atoms with van der Waals surface area (Å²) in [5.74, 6) is -0.385. The normalized spacial score (nSPS) is 14.6. The molecule has 38 heavy (non-hydrogen) atoms. The Morgan fingerprint density at radius 3 is 2.61 bits per heavy atom. The van der Waals surface area contributed by atoms with E-state index < -0.39 is 12.0 Å². The Labute approximate surface area is 224 Å². The van der Waals surface area contributed by atoms with Crippen LogP contribution in [0.5, 0.6) is 11.6 Å². The molecule has 3 aromatic rings. The number of hydrogen-bond donors (Lipinski definition) is 3. The Bertz CT molecular complexity index is 1320. The Morgan fingerprint density at radius 1 is 1.11 bits per heavy atom. The van der Waals surface area contributed by atoms with Crippen LogP contribution in [0.25, 0.3) is 0 Å². The molecule has 0 saturated carbocycles. The fourth-order valence-electron chi connectivity index (χ4n) is 4.17. The van der Waals surface area contributed by atoms with E-state index in [2.05, 4.69) is 15.6 Å². The number of aromatic nitrogens is 1. The van der Waals surface area contributed by atoms with Crippen molar-refractivity contribution in [1.29, 1.82) is 0 Å². The first-order valence-electron chi connectivity index (χ1n) is 11.9. The minimum Gasteiger partial charge on any atom is -0.495 e. The van der Waals surface area contributed by atoms with Gasteiger partial charge in [0.05, 0.1) is 41.5 Å². The number of carbonyl (C=O) groups is 3. The molecule has 0 bridgehead atoms. The van der Waals surface area contributed by atoms with E-state index >= 15 is 0 Å². The molecule has 2 heterocycles. The molecule has 3 N–H and O–H groups in total. The van der Waals surface area contributed by atoms with Crippen molar-refractivity contribution >= 4 is 40.9 Å². The number of nitrogens with zero attached hydrogens (tertiary/aromatic N) is 2. The molecule has 198 valence electrons. The zero-order chi connectivity index (χ0) is 27.1. The number of aromatic carboxylic acids is 1. The lowest BCUT2D eigenvalue weighted by Crippen LogP contribution is -2.40. The van der Waals surface area contributed by atoms with Crippen molar-refractivity contribution in [3.8, 4) is 11.6 Å². The molecular weight excluding hydrogens is 512 g/mol. The van der Waals surface area contributed by atoms with Gasteiger partial charge in [0.2, 0.25) is 11.8 Å². The Hall–Kier alpha value is -4.31. The number of benzene rings is 2. The Balaban J connectivity index is 1.34. The molecule has 11 heteroatoms. The minimum atomic E-state index is -1.06. The van der Waals surface area contributed by atoms with Gasteiger partial charge in [-0.05, 0) is 48.7 Å². The van der Waals surface area contributed by atoms with Gasteiger partial charge in [-0.3, -0.25) is 4.79 Å². The number of nitrogens with one attached hydrogen (secondary N) is 2. The number of urea groups is 1. The first kappa shape index (κ1) is 26.7. The molecule has 1 atom stereocenters. The molecule has 0 radical (unpaired) electrons. The van der Waals surface area contributed by atoms with Crippen LogP contribution in [0.2, 0.25) is 5.02 Å². The molecule has 4 rings (SSSR count). The number of anilines is 2. The standard InChI is InChI=1S/C27H27ClN4O6/c1-37-23-13-17(8-10-22(23)31-27(36)30-21-7-3-2-6-20(21)28)14-25(33)32-12-4-5-19(32)16-38-24-11-9-18(15-29-24)26(34)35/h2-3,6-11,13,15,19H,4-5,12,14,16H2,1H3,(H,34,35)(H2,30,31,36)/t19-/m0/s1. The lowest BCUT2D eigenvalue weighted by atomic mass is 10.1. The van der Waals surface area contributed by atoms with Crippen LogP contribution in [0.3, 0.4) is 0 Å². The largest absolute Gasteiger partial charge is 0.495 e.